The van der Waals surface area contributed by atoms with E-state index in [0.29, 0.717) is 64.5 Å². The van der Waals surface area contributed by atoms with Gasteiger partial charge in [0.25, 0.3) is 0 Å². The van der Waals surface area contributed by atoms with Crippen molar-refractivity contribution in [3.05, 3.63) is 144 Å². The first-order valence-corrected chi connectivity index (χ1v) is 23.3. The Bertz CT molecular complexity index is 2170. The lowest BCUT2D eigenvalue weighted by Gasteiger charge is -2.24. The number of hydrogen-bond donors (Lipinski definition) is 6. The fraction of sp³-hybridized carbons (Fsp3) is 0.415. The molecule has 0 spiro atoms. The number of amides is 5. The molecule has 69 heavy (non-hydrogen) atoms. The van der Waals surface area contributed by atoms with Gasteiger partial charge in [-0.05, 0) is 94.4 Å². The molecule has 0 aliphatic heterocycles. The van der Waals surface area contributed by atoms with Crippen LogP contribution in [0.2, 0.25) is 0 Å². The molecule has 0 radical (unpaired) electrons. The van der Waals surface area contributed by atoms with Crippen molar-refractivity contribution < 1.29 is 47.8 Å². The van der Waals surface area contributed by atoms with Gasteiger partial charge >= 0.3 is 18.3 Å². The molecule has 16 heteroatoms. The second-order valence-electron chi connectivity index (χ2n) is 17.7. The van der Waals surface area contributed by atoms with E-state index >= 15 is 0 Å². The molecule has 16 nitrogen and oxygen atoms in total. The number of ether oxygens (including phenoxy) is 3. The molecule has 9 N–H and O–H groups in total. The Kier molecular flexibility index (Phi) is 25.3. The van der Waals surface area contributed by atoms with E-state index in [1.807, 2.05) is 121 Å². The second kappa shape index (κ2) is 31.1. The van der Waals surface area contributed by atoms with E-state index in [0.717, 1.165) is 22.3 Å². The summed E-state index contributed by atoms with van der Waals surface area (Å²) in [5, 5.41) is 8.01. The van der Waals surface area contributed by atoms with Gasteiger partial charge in [-0.2, -0.15) is 0 Å². The molecule has 0 heterocycles. The molecule has 0 bridgehead atoms. The van der Waals surface area contributed by atoms with Crippen LogP contribution in [0.3, 0.4) is 0 Å². The number of nitrogens with two attached hydrogens (primary N) is 3. The zero-order chi connectivity index (χ0) is 50.4. The fourth-order valence-corrected chi connectivity index (χ4v) is 6.94. The Hall–Kier alpha value is -7.07. The van der Waals surface area contributed by atoms with Gasteiger partial charge in [0, 0.05) is 37.8 Å². The van der Waals surface area contributed by atoms with Crippen molar-refractivity contribution in [1.29, 1.82) is 0 Å². The number of carbonyl (C=O) groups is 7. The van der Waals surface area contributed by atoms with Crippen LogP contribution >= 0.6 is 0 Å². The zero-order valence-electron chi connectivity index (χ0n) is 40.1. The highest BCUT2D eigenvalue weighted by atomic mass is 16.6. The van der Waals surface area contributed by atoms with Crippen LogP contribution in [0.5, 0.6) is 0 Å². The number of primary amides is 2. The SMILES string of the molecule is CC(C)(C)OC(=O)N[C@@H](CCCCNC(=O)OCc1ccccc1)C(=O)CC(Cc1ccccc1)C(N)=O.NC(=O)C(CC(=O)[C@@H](N)CCCCNC(=O)OCc1ccccc1)Cc1ccccc1. The summed E-state index contributed by atoms with van der Waals surface area (Å²) in [5.41, 5.74) is 20.0. The number of Topliss-reactive ketones (excluding diaryl/α,β-unsaturated/α-hetero) is 2. The van der Waals surface area contributed by atoms with Gasteiger partial charge in [0.15, 0.2) is 5.78 Å². The second-order valence-corrected chi connectivity index (χ2v) is 17.7. The Labute approximate surface area is 405 Å². The Morgan fingerprint density at radius 2 is 0.884 bits per heavy atom. The highest BCUT2D eigenvalue weighted by molar-refractivity contribution is 5.91. The van der Waals surface area contributed by atoms with Crippen molar-refractivity contribution in [2.24, 2.45) is 29.0 Å². The van der Waals surface area contributed by atoms with E-state index in [1.165, 1.54) is 0 Å². The molecular weight excluding hydrogens is 881 g/mol. The number of carbonyl (C=O) groups excluding carboxylic acids is 7. The van der Waals surface area contributed by atoms with E-state index in [-0.39, 0.29) is 37.6 Å². The van der Waals surface area contributed by atoms with Crippen LogP contribution in [0, 0.1) is 11.8 Å². The average molecular weight is 951 g/mol. The number of benzene rings is 4. The lowest BCUT2D eigenvalue weighted by molar-refractivity contribution is -0.128. The number of alkyl carbamates (subject to hydrolysis) is 3. The van der Waals surface area contributed by atoms with Gasteiger partial charge in [-0.15, -0.1) is 0 Å². The van der Waals surface area contributed by atoms with Gasteiger partial charge in [-0.3, -0.25) is 19.2 Å². The fourth-order valence-electron chi connectivity index (χ4n) is 6.94. The first-order chi connectivity index (χ1) is 33.0. The summed E-state index contributed by atoms with van der Waals surface area (Å²) >= 11 is 0. The number of unbranched alkanes of at least 4 members (excludes halogenated alkanes) is 2. The van der Waals surface area contributed by atoms with Crippen molar-refractivity contribution in [3.63, 3.8) is 0 Å². The third kappa shape index (κ3) is 25.0. The molecule has 372 valence electrons. The predicted molar refractivity (Wildman–Crippen MR) is 263 cm³/mol. The van der Waals surface area contributed by atoms with Crippen LogP contribution in [-0.2, 0) is 59.4 Å². The van der Waals surface area contributed by atoms with E-state index < -0.39 is 59.6 Å². The van der Waals surface area contributed by atoms with Crippen LogP contribution in [0.1, 0.15) is 94.4 Å². The molecule has 5 amide bonds. The van der Waals surface area contributed by atoms with Gasteiger partial charge < -0.3 is 47.4 Å². The monoisotopic (exact) mass is 951 g/mol. The first kappa shape index (κ1) is 56.3. The van der Waals surface area contributed by atoms with Gasteiger partial charge in [-0.1, -0.05) is 121 Å². The maximum Gasteiger partial charge on any atom is 0.408 e. The molecule has 4 rings (SSSR count). The molecule has 0 aliphatic rings. The molecule has 4 aromatic carbocycles. The Morgan fingerprint density at radius 1 is 0.507 bits per heavy atom. The smallest absolute Gasteiger partial charge is 0.408 e. The van der Waals surface area contributed by atoms with Crippen molar-refractivity contribution >= 4 is 41.7 Å². The molecule has 4 aromatic rings. The minimum absolute atomic E-state index is 0.0372. The Balaban J connectivity index is 0.000000373. The standard InChI is InChI=1S/C29H39N3O6.C24H31N3O4/c1-29(2,3)38-28(36)32-24(25(33)19-23(26(30)34)18-21-12-6-4-7-13-21)16-10-11-17-31-27(35)37-20-22-14-8-5-9-15-22;25-21(22(28)16-20(23(26)29)15-18-9-3-1-4-10-18)13-7-8-14-27-24(30)31-17-19-11-5-2-6-12-19/h4-9,12-15,23-24H,10-11,16-20H2,1-3H3,(H2,30,34)(H,31,35)(H,32,36);1-6,9-12,20-21H,7-8,13-17,25H2,(H2,26,29)(H,27,30)/t23?,24-;20?,21-/m00/s1. The quantitative estimate of drug-likeness (QED) is 0.0262. The molecule has 0 saturated carbocycles. The van der Waals surface area contributed by atoms with E-state index in [9.17, 15) is 33.6 Å². The number of ketones is 2. The van der Waals surface area contributed by atoms with E-state index in [1.54, 1.807) is 20.8 Å². The van der Waals surface area contributed by atoms with E-state index in [2.05, 4.69) is 16.0 Å². The van der Waals surface area contributed by atoms with Crippen LogP contribution in [0.25, 0.3) is 0 Å². The van der Waals surface area contributed by atoms with Crippen LogP contribution < -0.4 is 33.2 Å². The summed E-state index contributed by atoms with van der Waals surface area (Å²) in [5.74, 6) is -2.81. The van der Waals surface area contributed by atoms with Crippen molar-refractivity contribution in [1.82, 2.24) is 16.0 Å². The predicted octanol–water partition coefficient (Wildman–Crippen LogP) is 6.99. The summed E-state index contributed by atoms with van der Waals surface area (Å²) in [6.07, 6.45) is 2.20. The van der Waals surface area contributed by atoms with Crippen molar-refractivity contribution in [2.45, 2.75) is 116 Å². The molecule has 0 saturated heterocycles. The van der Waals surface area contributed by atoms with Crippen LogP contribution in [-0.4, -0.2) is 72.4 Å². The lowest BCUT2D eigenvalue weighted by atomic mass is 9.90. The summed E-state index contributed by atoms with van der Waals surface area (Å²) in [7, 11) is 0. The molecular formula is C53H70N6O10. The normalized spacial score (nSPS) is 12.6. The van der Waals surface area contributed by atoms with Gasteiger partial charge in [0.05, 0.1) is 12.1 Å². The first-order valence-electron chi connectivity index (χ1n) is 23.3. The zero-order valence-corrected chi connectivity index (χ0v) is 40.1. The van der Waals surface area contributed by atoms with Gasteiger partial charge in [0.2, 0.25) is 11.8 Å². The van der Waals surface area contributed by atoms with Crippen molar-refractivity contribution in [3.8, 4) is 0 Å². The third-order valence-corrected chi connectivity index (χ3v) is 10.7. The Morgan fingerprint density at radius 3 is 1.28 bits per heavy atom. The summed E-state index contributed by atoms with van der Waals surface area (Å²) in [6.45, 7) is 6.37. The molecule has 4 atom stereocenters. The van der Waals surface area contributed by atoms with Crippen LogP contribution in [0.15, 0.2) is 121 Å². The maximum atomic E-state index is 13.2. The van der Waals surface area contributed by atoms with Crippen LogP contribution in [0.4, 0.5) is 14.4 Å². The van der Waals surface area contributed by atoms with Gasteiger partial charge in [0.1, 0.15) is 24.6 Å². The molecule has 0 aromatic heterocycles. The van der Waals surface area contributed by atoms with Gasteiger partial charge in [-0.25, -0.2) is 14.4 Å². The summed E-state index contributed by atoms with van der Waals surface area (Å²) in [4.78, 5) is 85.5. The highest BCUT2D eigenvalue weighted by Gasteiger charge is 2.28. The van der Waals surface area contributed by atoms with E-state index in [4.69, 9.17) is 31.4 Å². The third-order valence-electron chi connectivity index (χ3n) is 10.7. The topological polar surface area (TPSA) is 261 Å². The van der Waals surface area contributed by atoms with Crippen molar-refractivity contribution in [2.75, 3.05) is 13.1 Å². The number of rotatable bonds is 27. The average Bonchev–Trinajstić information content (AvgIpc) is 3.32. The highest BCUT2D eigenvalue weighted by Crippen LogP contribution is 2.18. The molecule has 0 fully saturated rings. The minimum atomic E-state index is -0.854. The summed E-state index contributed by atoms with van der Waals surface area (Å²) < 4.78 is 15.6. The number of nitrogens with one attached hydrogen (secondary N) is 3. The summed E-state index contributed by atoms with van der Waals surface area (Å²) in [6, 6.07) is 36.1. The minimum Gasteiger partial charge on any atom is -0.445 e. The largest absolute Gasteiger partial charge is 0.445 e. The lowest BCUT2D eigenvalue weighted by Crippen LogP contribution is -2.44. The molecule has 0 aliphatic carbocycles. The molecule has 2 unspecified atom stereocenters. The number of hydrogen-bond acceptors (Lipinski definition) is 11. The maximum absolute atomic E-state index is 13.2.